The number of fused-ring (bicyclic) bond motifs is 1. The first-order valence-corrected chi connectivity index (χ1v) is 10.7. The molecule has 0 spiro atoms. The number of likely N-dealkylation sites (tertiary alicyclic amines) is 1. The van der Waals surface area contributed by atoms with Crippen molar-refractivity contribution in [2.45, 2.75) is 19.4 Å². The molecule has 4 aromatic rings. The topological polar surface area (TPSA) is 71.3 Å². The first kappa shape index (κ1) is 20.3. The number of nitrogens with one attached hydrogen (secondary N) is 1. The van der Waals surface area contributed by atoms with Gasteiger partial charge in [-0.25, -0.2) is 9.02 Å². The number of nitrogens with zero attached hydrogens (tertiary/aromatic N) is 3. The summed E-state index contributed by atoms with van der Waals surface area (Å²) in [4.78, 5) is 15.2. The van der Waals surface area contributed by atoms with Crippen molar-refractivity contribution in [1.29, 1.82) is 0 Å². The standard InChI is InChI=1S/C25H23FN4O2/c26-21-7-1-4-18(14-21)19-5-2-8-22(15-19)27-25(31)17-10-12-30(13-11-17)16-20-6-3-9-23-24(20)29-32-28-23/h1-9,14-15,17H,10-13,16H2,(H,27,31). The van der Waals surface area contributed by atoms with Gasteiger partial charge in [0.05, 0.1) is 0 Å². The second kappa shape index (κ2) is 8.88. The minimum atomic E-state index is -0.278. The van der Waals surface area contributed by atoms with E-state index in [0.717, 1.165) is 65.9 Å². The molecule has 5 rings (SSSR count). The van der Waals surface area contributed by atoms with Gasteiger partial charge in [0.15, 0.2) is 0 Å². The van der Waals surface area contributed by atoms with Gasteiger partial charge in [0.1, 0.15) is 16.9 Å². The van der Waals surface area contributed by atoms with E-state index < -0.39 is 0 Å². The average molecular weight is 430 g/mol. The molecule has 0 radical (unpaired) electrons. The largest absolute Gasteiger partial charge is 0.326 e. The van der Waals surface area contributed by atoms with E-state index in [2.05, 4.69) is 20.5 Å². The Morgan fingerprint density at radius 1 is 1.00 bits per heavy atom. The smallest absolute Gasteiger partial charge is 0.227 e. The second-order valence-corrected chi connectivity index (χ2v) is 8.18. The number of rotatable bonds is 5. The van der Waals surface area contributed by atoms with Crippen molar-refractivity contribution >= 4 is 22.6 Å². The van der Waals surface area contributed by atoms with Crippen molar-refractivity contribution in [3.63, 3.8) is 0 Å². The highest BCUT2D eigenvalue weighted by atomic mass is 19.1. The van der Waals surface area contributed by atoms with Gasteiger partial charge in [0, 0.05) is 18.2 Å². The number of anilines is 1. The van der Waals surface area contributed by atoms with E-state index in [0.29, 0.717) is 0 Å². The Labute approximate surface area is 185 Å². The summed E-state index contributed by atoms with van der Waals surface area (Å²) in [5, 5.41) is 11.0. The van der Waals surface area contributed by atoms with E-state index >= 15 is 0 Å². The first-order valence-electron chi connectivity index (χ1n) is 10.7. The Morgan fingerprint density at radius 2 is 1.75 bits per heavy atom. The Kier molecular flexibility index (Phi) is 5.64. The van der Waals surface area contributed by atoms with Crippen LogP contribution in [0.4, 0.5) is 10.1 Å². The number of piperidine rings is 1. The molecule has 1 N–H and O–H groups in total. The Balaban J connectivity index is 1.19. The van der Waals surface area contributed by atoms with Gasteiger partial charge in [0.2, 0.25) is 5.91 Å². The summed E-state index contributed by atoms with van der Waals surface area (Å²) in [6.45, 7) is 2.43. The lowest BCUT2D eigenvalue weighted by Crippen LogP contribution is -2.37. The van der Waals surface area contributed by atoms with Crippen LogP contribution in [0.1, 0.15) is 18.4 Å². The maximum atomic E-state index is 13.6. The fourth-order valence-electron chi connectivity index (χ4n) is 4.27. The van der Waals surface area contributed by atoms with E-state index in [1.165, 1.54) is 12.1 Å². The SMILES string of the molecule is O=C(Nc1cccc(-c2cccc(F)c2)c1)C1CCN(Cc2cccc3nonc23)CC1. The number of hydrogen-bond donors (Lipinski definition) is 1. The van der Waals surface area contributed by atoms with E-state index in [9.17, 15) is 9.18 Å². The van der Waals surface area contributed by atoms with Crippen molar-refractivity contribution in [3.8, 4) is 11.1 Å². The van der Waals surface area contributed by atoms with E-state index in [1.54, 1.807) is 6.07 Å². The van der Waals surface area contributed by atoms with Crippen LogP contribution < -0.4 is 5.32 Å². The fourth-order valence-corrected chi connectivity index (χ4v) is 4.27. The molecule has 1 aromatic heterocycles. The van der Waals surface area contributed by atoms with Crippen LogP contribution in [0.5, 0.6) is 0 Å². The average Bonchev–Trinajstić information content (AvgIpc) is 3.30. The third kappa shape index (κ3) is 4.38. The van der Waals surface area contributed by atoms with Crippen LogP contribution in [0, 0.1) is 11.7 Å². The molecule has 0 unspecified atom stereocenters. The molecule has 1 amide bonds. The molecule has 7 heteroatoms. The molecule has 1 aliphatic heterocycles. The van der Waals surface area contributed by atoms with Crippen LogP contribution in [0.3, 0.4) is 0 Å². The molecule has 1 fully saturated rings. The van der Waals surface area contributed by atoms with E-state index in [-0.39, 0.29) is 17.6 Å². The van der Waals surface area contributed by atoms with Crippen LogP contribution in [0.2, 0.25) is 0 Å². The van der Waals surface area contributed by atoms with Gasteiger partial charge in [-0.15, -0.1) is 0 Å². The van der Waals surface area contributed by atoms with Gasteiger partial charge in [0.25, 0.3) is 0 Å². The van der Waals surface area contributed by atoms with Crippen LogP contribution >= 0.6 is 0 Å². The van der Waals surface area contributed by atoms with Crippen LogP contribution in [-0.4, -0.2) is 34.2 Å². The van der Waals surface area contributed by atoms with Crippen molar-refractivity contribution < 1.29 is 13.8 Å². The molecule has 0 atom stereocenters. The highest BCUT2D eigenvalue weighted by Gasteiger charge is 2.25. The summed E-state index contributed by atoms with van der Waals surface area (Å²) < 4.78 is 18.4. The summed E-state index contributed by atoms with van der Waals surface area (Å²) in [5.41, 5.74) is 5.02. The number of carbonyl (C=O) groups excluding carboxylic acids is 1. The van der Waals surface area contributed by atoms with Crippen molar-refractivity contribution in [3.05, 3.63) is 78.1 Å². The number of amides is 1. The van der Waals surface area contributed by atoms with Gasteiger partial charge in [-0.05, 0) is 83.3 Å². The molecule has 3 aromatic carbocycles. The lowest BCUT2D eigenvalue weighted by molar-refractivity contribution is -0.121. The minimum Gasteiger partial charge on any atom is -0.326 e. The molecule has 0 aliphatic carbocycles. The third-order valence-electron chi connectivity index (χ3n) is 6.01. The number of halogens is 1. The number of benzene rings is 3. The Morgan fingerprint density at radius 3 is 2.56 bits per heavy atom. The monoisotopic (exact) mass is 430 g/mol. The zero-order valence-electron chi connectivity index (χ0n) is 17.5. The van der Waals surface area contributed by atoms with Gasteiger partial charge in [-0.3, -0.25) is 9.69 Å². The summed E-state index contributed by atoms with van der Waals surface area (Å²) in [5.74, 6) is -0.280. The van der Waals surface area contributed by atoms with Crippen LogP contribution in [0.25, 0.3) is 22.2 Å². The quantitative estimate of drug-likeness (QED) is 0.489. The van der Waals surface area contributed by atoms with Crippen molar-refractivity contribution in [2.24, 2.45) is 5.92 Å². The molecule has 1 aliphatic rings. The Hall–Kier alpha value is -3.58. The predicted molar refractivity (Wildman–Crippen MR) is 120 cm³/mol. The summed E-state index contributed by atoms with van der Waals surface area (Å²) >= 11 is 0. The predicted octanol–water partition coefficient (Wildman–Crippen LogP) is 4.88. The molecular weight excluding hydrogens is 407 g/mol. The molecule has 0 saturated carbocycles. The van der Waals surface area contributed by atoms with Crippen molar-refractivity contribution in [2.75, 3.05) is 18.4 Å². The molecule has 32 heavy (non-hydrogen) atoms. The van der Waals surface area contributed by atoms with Gasteiger partial charge < -0.3 is 5.32 Å². The van der Waals surface area contributed by atoms with Crippen LogP contribution in [0.15, 0.2) is 71.4 Å². The summed E-state index contributed by atoms with van der Waals surface area (Å²) in [7, 11) is 0. The van der Waals surface area contributed by atoms with Crippen molar-refractivity contribution in [1.82, 2.24) is 15.2 Å². The lowest BCUT2D eigenvalue weighted by atomic mass is 9.95. The maximum absolute atomic E-state index is 13.6. The van der Waals surface area contributed by atoms with E-state index in [1.807, 2.05) is 48.5 Å². The lowest BCUT2D eigenvalue weighted by Gasteiger charge is -2.31. The minimum absolute atomic E-state index is 0.0313. The molecule has 0 bridgehead atoms. The second-order valence-electron chi connectivity index (χ2n) is 8.18. The number of hydrogen-bond acceptors (Lipinski definition) is 5. The van der Waals surface area contributed by atoms with Gasteiger partial charge >= 0.3 is 0 Å². The molecule has 162 valence electrons. The zero-order valence-corrected chi connectivity index (χ0v) is 17.5. The summed E-state index contributed by atoms with van der Waals surface area (Å²) in [6, 6.07) is 19.9. The normalized spacial score (nSPS) is 15.2. The van der Waals surface area contributed by atoms with Gasteiger partial charge in [-0.1, -0.05) is 36.4 Å². The number of aromatic nitrogens is 2. The van der Waals surface area contributed by atoms with E-state index in [4.69, 9.17) is 4.63 Å². The maximum Gasteiger partial charge on any atom is 0.227 e. The number of carbonyl (C=O) groups is 1. The molecule has 1 saturated heterocycles. The van der Waals surface area contributed by atoms with Crippen LogP contribution in [-0.2, 0) is 11.3 Å². The molecule has 6 nitrogen and oxygen atoms in total. The Bertz CT molecular complexity index is 1250. The highest BCUT2D eigenvalue weighted by molar-refractivity contribution is 5.93. The third-order valence-corrected chi connectivity index (χ3v) is 6.01. The molecular formula is C25H23FN4O2. The fraction of sp³-hybridized carbons (Fsp3) is 0.240. The summed E-state index contributed by atoms with van der Waals surface area (Å²) in [6.07, 6.45) is 1.59. The zero-order chi connectivity index (χ0) is 21.9. The van der Waals surface area contributed by atoms with Gasteiger partial charge in [-0.2, -0.15) is 0 Å². The molecule has 2 heterocycles. The first-order chi connectivity index (χ1) is 15.7. The highest BCUT2D eigenvalue weighted by Crippen LogP contribution is 2.26.